The summed E-state index contributed by atoms with van der Waals surface area (Å²) in [6.07, 6.45) is 4.96. The molecule has 18 heavy (non-hydrogen) atoms. The van der Waals surface area contributed by atoms with Crippen LogP contribution in [0.2, 0.25) is 0 Å². The molecule has 1 N–H and O–H groups in total. The number of hydrogen-bond donors (Lipinski definition) is 1. The number of carbonyl (C=O) groups is 2. The molecule has 0 amide bonds. The van der Waals surface area contributed by atoms with Crippen LogP contribution >= 0.6 is 0 Å². The van der Waals surface area contributed by atoms with Gasteiger partial charge in [-0.3, -0.25) is 9.59 Å². The minimum absolute atomic E-state index is 0.0419. The maximum absolute atomic E-state index is 11.6. The molecule has 4 nitrogen and oxygen atoms in total. The van der Waals surface area contributed by atoms with Gasteiger partial charge in [0.05, 0.1) is 12.2 Å². The van der Waals surface area contributed by atoms with Crippen LogP contribution in [-0.2, 0) is 14.3 Å². The van der Waals surface area contributed by atoms with Gasteiger partial charge in [0.15, 0.2) is 5.78 Å². The lowest BCUT2D eigenvalue weighted by Gasteiger charge is -2.35. The van der Waals surface area contributed by atoms with E-state index in [9.17, 15) is 9.59 Å². The van der Waals surface area contributed by atoms with Crippen molar-refractivity contribution in [3.63, 3.8) is 0 Å². The summed E-state index contributed by atoms with van der Waals surface area (Å²) in [6.45, 7) is 4.55. The summed E-state index contributed by atoms with van der Waals surface area (Å²) in [5.41, 5.74) is -0.342. The van der Waals surface area contributed by atoms with Gasteiger partial charge in [-0.05, 0) is 30.4 Å². The van der Waals surface area contributed by atoms with Crippen molar-refractivity contribution in [1.82, 2.24) is 0 Å². The third kappa shape index (κ3) is 2.21. The molecule has 0 saturated carbocycles. The molecule has 100 valence electrons. The lowest BCUT2D eigenvalue weighted by molar-refractivity contribution is -0.138. The Kier molecular flexibility index (Phi) is 3.57. The maximum atomic E-state index is 11.6. The van der Waals surface area contributed by atoms with Gasteiger partial charge >= 0.3 is 5.97 Å². The topological polar surface area (TPSA) is 63.6 Å². The summed E-state index contributed by atoms with van der Waals surface area (Å²) in [6, 6.07) is 0. The van der Waals surface area contributed by atoms with Gasteiger partial charge < -0.3 is 9.84 Å². The van der Waals surface area contributed by atoms with Crippen LogP contribution in [0.15, 0.2) is 12.2 Å². The van der Waals surface area contributed by atoms with E-state index < -0.39 is 5.97 Å². The summed E-state index contributed by atoms with van der Waals surface area (Å²) in [4.78, 5) is 22.4. The van der Waals surface area contributed by atoms with Crippen molar-refractivity contribution in [2.45, 2.75) is 38.7 Å². The summed E-state index contributed by atoms with van der Waals surface area (Å²) < 4.78 is 5.93. The maximum Gasteiger partial charge on any atom is 0.303 e. The molecule has 2 aliphatic rings. The third-order valence-corrected chi connectivity index (χ3v) is 4.44. The largest absolute Gasteiger partial charge is 0.481 e. The fourth-order valence-corrected chi connectivity index (χ4v) is 3.32. The Balaban J connectivity index is 2.19. The standard InChI is InChI=1S/C14H20O4/c1-3-14-5-4-10(15)7-12(14)11(8-18-14)9(2)6-13(16)17/h4-5,9,11-12H,3,6-8H2,1-2H3,(H,16,17). The molecule has 1 fully saturated rings. The first-order chi connectivity index (χ1) is 8.48. The number of ether oxygens (including phenoxy) is 1. The Morgan fingerprint density at radius 1 is 1.67 bits per heavy atom. The highest BCUT2D eigenvalue weighted by Crippen LogP contribution is 2.47. The highest BCUT2D eigenvalue weighted by Gasteiger charge is 2.50. The van der Waals surface area contributed by atoms with E-state index in [0.717, 1.165) is 6.42 Å². The molecule has 0 aromatic carbocycles. The van der Waals surface area contributed by atoms with Crippen molar-refractivity contribution in [2.24, 2.45) is 17.8 Å². The van der Waals surface area contributed by atoms with Gasteiger partial charge in [-0.15, -0.1) is 0 Å². The quantitative estimate of drug-likeness (QED) is 0.831. The average molecular weight is 252 g/mol. The number of ketones is 1. The van der Waals surface area contributed by atoms with Crippen LogP contribution < -0.4 is 0 Å². The zero-order valence-electron chi connectivity index (χ0n) is 10.9. The highest BCUT2D eigenvalue weighted by atomic mass is 16.5. The SMILES string of the molecule is CCC12C=CC(=O)CC1C(C(C)CC(=O)O)CO2. The van der Waals surface area contributed by atoms with Crippen LogP contribution in [0.4, 0.5) is 0 Å². The van der Waals surface area contributed by atoms with Gasteiger partial charge in [-0.2, -0.15) is 0 Å². The van der Waals surface area contributed by atoms with E-state index in [1.807, 2.05) is 13.0 Å². The van der Waals surface area contributed by atoms with E-state index in [1.165, 1.54) is 0 Å². The van der Waals surface area contributed by atoms with Crippen LogP contribution in [0, 0.1) is 17.8 Å². The monoisotopic (exact) mass is 252 g/mol. The summed E-state index contributed by atoms with van der Waals surface area (Å²) in [5, 5.41) is 8.89. The zero-order chi connectivity index (χ0) is 13.3. The molecule has 0 bridgehead atoms. The molecule has 1 saturated heterocycles. The van der Waals surface area contributed by atoms with Gasteiger partial charge in [-0.25, -0.2) is 0 Å². The van der Waals surface area contributed by atoms with Gasteiger partial charge in [0.25, 0.3) is 0 Å². The lowest BCUT2D eigenvalue weighted by atomic mass is 9.69. The number of rotatable bonds is 4. The van der Waals surface area contributed by atoms with Crippen molar-refractivity contribution in [2.75, 3.05) is 6.61 Å². The fourth-order valence-electron chi connectivity index (χ4n) is 3.32. The second-order valence-corrected chi connectivity index (χ2v) is 5.47. The lowest BCUT2D eigenvalue weighted by Crippen LogP contribution is -2.39. The molecule has 4 unspecified atom stereocenters. The Morgan fingerprint density at radius 3 is 3.00 bits per heavy atom. The molecule has 0 aromatic heterocycles. The molecule has 2 rings (SSSR count). The molecule has 0 radical (unpaired) electrons. The average Bonchev–Trinajstić information content (AvgIpc) is 2.67. The summed E-state index contributed by atoms with van der Waals surface area (Å²) in [5.74, 6) is -0.319. The van der Waals surface area contributed by atoms with E-state index >= 15 is 0 Å². The van der Waals surface area contributed by atoms with Crippen LogP contribution in [0.1, 0.15) is 33.1 Å². The van der Waals surface area contributed by atoms with Crippen LogP contribution in [0.25, 0.3) is 0 Å². The minimum atomic E-state index is -0.783. The summed E-state index contributed by atoms with van der Waals surface area (Å²) >= 11 is 0. The second-order valence-electron chi connectivity index (χ2n) is 5.47. The van der Waals surface area contributed by atoms with E-state index in [4.69, 9.17) is 9.84 Å². The molecule has 0 spiro atoms. The third-order valence-electron chi connectivity index (χ3n) is 4.44. The predicted molar refractivity (Wildman–Crippen MR) is 66.1 cm³/mol. The van der Waals surface area contributed by atoms with Gasteiger partial charge in [-0.1, -0.05) is 13.8 Å². The van der Waals surface area contributed by atoms with Crippen molar-refractivity contribution in [1.29, 1.82) is 0 Å². The van der Waals surface area contributed by atoms with Crippen molar-refractivity contribution < 1.29 is 19.4 Å². The Bertz CT molecular complexity index is 387. The minimum Gasteiger partial charge on any atom is -0.481 e. The molecule has 1 heterocycles. The number of carboxylic acid groups (broad SMARTS) is 1. The molecular weight excluding hydrogens is 232 g/mol. The number of aliphatic carboxylic acids is 1. The predicted octanol–water partition coefficient (Wildman–Crippen LogP) is 2.04. The second kappa shape index (κ2) is 4.84. The number of carboxylic acids is 1. The number of hydrogen-bond acceptors (Lipinski definition) is 3. The Labute approximate surface area is 107 Å². The smallest absolute Gasteiger partial charge is 0.303 e. The van der Waals surface area contributed by atoms with Crippen molar-refractivity contribution >= 4 is 11.8 Å². The van der Waals surface area contributed by atoms with Crippen LogP contribution in [0.3, 0.4) is 0 Å². The number of carbonyl (C=O) groups excluding carboxylic acids is 1. The van der Waals surface area contributed by atoms with Crippen LogP contribution in [0.5, 0.6) is 0 Å². The molecule has 1 aliphatic heterocycles. The Hall–Kier alpha value is -1.16. The van der Waals surface area contributed by atoms with E-state index in [1.54, 1.807) is 6.08 Å². The first-order valence-electron chi connectivity index (χ1n) is 6.56. The number of fused-ring (bicyclic) bond motifs is 1. The normalized spacial score (nSPS) is 36.4. The first kappa shape index (κ1) is 13.3. The van der Waals surface area contributed by atoms with Crippen molar-refractivity contribution in [3.05, 3.63) is 12.2 Å². The van der Waals surface area contributed by atoms with E-state index in [0.29, 0.717) is 13.0 Å². The van der Waals surface area contributed by atoms with Gasteiger partial charge in [0.1, 0.15) is 0 Å². The fraction of sp³-hybridized carbons (Fsp3) is 0.714. The molecule has 4 atom stereocenters. The molecule has 1 aliphatic carbocycles. The molecule has 0 aromatic rings. The van der Waals surface area contributed by atoms with E-state index in [2.05, 4.69) is 6.92 Å². The van der Waals surface area contributed by atoms with Gasteiger partial charge in [0.2, 0.25) is 0 Å². The zero-order valence-corrected chi connectivity index (χ0v) is 10.9. The van der Waals surface area contributed by atoms with Crippen molar-refractivity contribution in [3.8, 4) is 0 Å². The molecular formula is C14H20O4. The van der Waals surface area contributed by atoms with Gasteiger partial charge in [0, 0.05) is 18.8 Å². The summed E-state index contributed by atoms with van der Waals surface area (Å²) in [7, 11) is 0. The number of allylic oxidation sites excluding steroid dienone is 1. The Morgan fingerprint density at radius 2 is 2.39 bits per heavy atom. The van der Waals surface area contributed by atoms with E-state index in [-0.39, 0.29) is 35.6 Å². The molecule has 4 heteroatoms. The highest BCUT2D eigenvalue weighted by molar-refractivity contribution is 5.91. The van der Waals surface area contributed by atoms with Crippen LogP contribution in [-0.4, -0.2) is 29.1 Å². The first-order valence-corrected chi connectivity index (χ1v) is 6.56.